The van der Waals surface area contributed by atoms with Gasteiger partial charge in [0.1, 0.15) is 0 Å². The van der Waals surface area contributed by atoms with Crippen LogP contribution < -0.4 is 5.69 Å². The van der Waals surface area contributed by atoms with Gasteiger partial charge in [-0.1, -0.05) is 0 Å². The standard InChI is InChI=1S/C3H3N2OS/c1-5-3(6)4-2-7-5/h1H3. The van der Waals surface area contributed by atoms with Gasteiger partial charge in [0.25, 0.3) is 0 Å². The van der Waals surface area contributed by atoms with E-state index in [-0.39, 0.29) is 5.69 Å². The van der Waals surface area contributed by atoms with Gasteiger partial charge in [-0.05, 0) is 11.5 Å². The third kappa shape index (κ3) is 0.691. The van der Waals surface area contributed by atoms with Crippen molar-refractivity contribution in [1.29, 1.82) is 0 Å². The van der Waals surface area contributed by atoms with Crippen LogP contribution in [0, 0.1) is 5.51 Å². The second-order valence-electron chi connectivity index (χ2n) is 1.07. The molecule has 0 aliphatic rings. The summed E-state index contributed by atoms with van der Waals surface area (Å²) >= 11 is 1.17. The van der Waals surface area contributed by atoms with Crippen LogP contribution in [0.5, 0.6) is 0 Å². The van der Waals surface area contributed by atoms with Gasteiger partial charge in [-0.15, -0.1) is 0 Å². The van der Waals surface area contributed by atoms with E-state index >= 15 is 0 Å². The van der Waals surface area contributed by atoms with Gasteiger partial charge in [-0.3, -0.25) is 0 Å². The largest absolute Gasteiger partial charge is 0.358 e. The van der Waals surface area contributed by atoms with Crippen LogP contribution in [0.15, 0.2) is 4.79 Å². The minimum Gasteiger partial charge on any atom is -0.249 e. The molecule has 0 atom stereocenters. The molecule has 1 rings (SSSR count). The van der Waals surface area contributed by atoms with Gasteiger partial charge in [-0.2, -0.15) is 4.98 Å². The number of hydrogen-bond donors (Lipinski definition) is 0. The fourth-order valence-corrected chi connectivity index (χ4v) is 0.590. The highest BCUT2D eigenvalue weighted by molar-refractivity contribution is 7.03. The zero-order valence-corrected chi connectivity index (χ0v) is 4.53. The lowest BCUT2D eigenvalue weighted by Crippen LogP contribution is -2.09. The number of nitrogens with zero attached hydrogens (tertiary/aromatic N) is 2. The van der Waals surface area contributed by atoms with E-state index in [1.807, 2.05) is 0 Å². The van der Waals surface area contributed by atoms with E-state index in [2.05, 4.69) is 10.5 Å². The third-order valence-corrected chi connectivity index (χ3v) is 1.19. The van der Waals surface area contributed by atoms with Crippen molar-refractivity contribution in [3.05, 3.63) is 16.0 Å². The first kappa shape index (κ1) is 4.52. The van der Waals surface area contributed by atoms with Gasteiger partial charge in [0, 0.05) is 7.05 Å². The Balaban J connectivity index is 3.39. The molecule has 1 aromatic heterocycles. The molecule has 4 heteroatoms. The molecule has 0 amide bonds. The van der Waals surface area contributed by atoms with Crippen LogP contribution in [0.25, 0.3) is 0 Å². The fraction of sp³-hybridized carbons (Fsp3) is 0.333. The third-order valence-electron chi connectivity index (χ3n) is 0.588. The molecular formula is C3H3N2OS. The van der Waals surface area contributed by atoms with E-state index in [9.17, 15) is 4.79 Å². The Morgan fingerprint density at radius 3 is 2.86 bits per heavy atom. The van der Waals surface area contributed by atoms with Crippen LogP contribution in [0.4, 0.5) is 0 Å². The summed E-state index contributed by atoms with van der Waals surface area (Å²) in [5.41, 5.74) is 2.21. The average Bonchev–Trinajstić information content (AvgIpc) is 1.91. The van der Waals surface area contributed by atoms with Gasteiger partial charge >= 0.3 is 5.69 Å². The number of rotatable bonds is 0. The maximum absolute atomic E-state index is 10.2. The Kier molecular flexibility index (Phi) is 0.941. The molecule has 0 N–H and O–H groups in total. The summed E-state index contributed by atoms with van der Waals surface area (Å²) in [4.78, 5) is 13.6. The summed E-state index contributed by atoms with van der Waals surface area (Å²) in [5.74, 6) is 0. The van der Waals surface area contributed by atoms with Crippen molar-refractivity contribution in [2.24, 2.45) is 7.05 Å². The Hall–Kier alpha value is -0.640. The molecule has 37 valence electrons. The summed E-state index contributed by atoms with van der Waals surface area (Å²) in [6.45, 7) is 0. The first-order valence-corrected chi connectivity index (χ1v) is 2.48. The second-order valence-corrected chi connectivity index (χ2v) is 1.99. The first-order chi connectivity index (χ1) is 3.30. The molecule has 0 aromatic carbocycles. The van der Waals surface area contributed by atoms with Gasteiger partial charge in [0.05, 0.1) is 0 Å². The summed E-state index contributed by atoms with van der Waals surface area (Å²) < 4.78 is 1.40. The predicted molar refractivity (Wildman–Crippen MR) is 26.2 cm³/mol. The maximum Gasteiger partial charge on any atom is 0.358 e. The average molecular weight is 115 g/mol. The minimum absolute atomic E-state index is 0.231. The Bertz CT molecular complexity index is 201. The molecule has 0 aliphatic heterocycles. The van der Waals surface area contributed by atoms with E-state index in [1.54, 1.807) is 7.05 Å². The van der Waals surface area contributed by atoms with E-state index in [0.29, 0.717) is 0 Å². The molecule has 0 fully saturated rings. The van der Waals surface area contributed by atoms with Gasteiger partial charge < -0.3 is 0 Å². The minimum atomic E-state index is -0.231. The maximum atomic E-state index is 10.2. The highest BCUT2D eigenvalue weighted by atomic mass is 32.1. The Morgan fingerprint density at radius 1 is 2.00 bits per heavy atom. The molecule has 7 heavy (non-hydrogen) atoms. The molecule has 1 aromatic rings. The van der Waals surface area contributed by atoms with E-state index in [0.717, 1.165) is 0 Å². The molecule has 0 saturated carbocycles. The van der Waals surface area contributed by atoms with Crippen LogP contribution in [0.1, 0.15) is 0 Å². The quantitative estimate of drug-likeness (QED) is 0.463. The molecule has 1 heterocycles. The van der Waals surface area contributed by atoms with Crippen LogP contribution in [0.2, 0.25) is 0 Å². The molecule has 0 unspecified atom stereocenters. The van der Waals surface area contributed by atoms with Gasteiger partial charge in [-0.25, -0.2) is 8.75 Å². The van der Waals surface area contributed by atoms with Crippen molar-refractivity contribution >= 4 is 11.5 Å². The van der Waals surface area contributed by atoms with Crippen molar-refractivity contribution in [3.8, 4) is 0 Å². The molecular weight excluding hydrogens is 112 g/mol. The molecule has 0 spiro atoms. The molecule has 0 saturated heterocycles. The molecule has 0 bridgehead atoms. The zero-order valence-electron chi connectivity index (χ0n) is 3.71. The summed E-state index contributed by atoms with van der Waals surface area (Å²) in [6, 6.07) is 0. The smallest absolute Gasteiger partial charge is 0.249 e. The highest BCUT2D eigenvalue weighted by Gasteiger charge is 1.85. The Labute approximate surface area is 44.4 Å². The van der Waals surface area contributed by atoms with Crippen LogP contribution in [-0.4, -0.2) is 8.94 Å². The van der Waals surface area contributed by atoms with Crippen LogP contribution >= 0.6 is 11.5 Å². The predicted octanol–water partition coefficient (Wildman–Crippen LogP) is -0.358. The van der Waals surface area contributed by atoms with Gasteiger partial charge in [0.15, 0.2) is 5.51 Å². The number of aromatic nitrogens is 2. The summed E-state index contributed by atoms with van der Waals surface area (Å²) in [5, 5.41) is 0. The molecule has 1 radical (unpaired) electrons. The summed E-state index contributed by atoms with van der Waals surface area (Å²) in [7, 11) is 1.65. The van der Waals surface area contributed by atoms with Crippen molar-refractivity contribution in [1.82, 2.24) is 8.94 Å². The number of aryl methyl sites for hydroxylation is 1. The van der Waals surface area contributed by atoms with Crippen molar-refractivity contribution in [2.45, 2.75) is 0 Å². The zero-order chi connectivity index (χ0) is 5.28. The van der Waals surface area contributed by atoms with E-state index < -0.39 is 0 Å². The monoisotopic (exact) mass is 115 g/mol. The molecule has 0 aliphatic carbocycles. The van der Waals surface area contributed by atoms with Crippen molar-refractivity contribution in [3.63, 3.8) is 0 Å². The first-order valence-electron chi connectivity index (χ1n) is 1.71. The fourth-order valence-electron chi connectivity index (χ4n) is 0.230. The lowest BCUT2D eigenvalue weighted by Gasteiger charge is -1.73. The summed E-state index contributed by atoms with van der Waals surface area (Å²) in [6.07, 6.45) is 0. The lowest BCUT2D eigenvalue weighted by atomic mass is 11.2. The van der Waals surface area contributed by atoms with Crippen molar-refractivity contribution < 1.29 is 0 Å². The molecule has 3 nitrogen and oxygen atoms in total. The van der Waals surface area contributed by atoms with Crippen LogP contribution in [0.3, 0.4) is 0 Å². The van der Waals surface area contributed by atoms with E-state index in [1.165, 1.54) is 15.5 Å². The van der Waals surface area contributed by atoms with Crippen molar-refractivity contribution in [2.75, 3.05) is 0 Å². The normalized spacial score (nSPS) is 9.29. The topological polar surface area (TPSA) is 34.9 Å². The lowest BCUT2D eigenvalue weighted by molar-refractivity contribution is 0.932. The Morgan fingerprint density at radius 2 is 2.71 bits per heavy atom. The SMILES string of the molecule is Cn1s[c]nc1=O. The number of hydrogen-bond acceptors (Lipinski definition) is 3. The van der Waals surface area contributed by atoms with E-state index in [4.69, 9.17) is 0 Å². The highest BCUT2D eigenvalue weighted by Crippen LogP contribution is 1.78. The second kappa shape index (κ2) is 1.46. The van der Waals surface area contributed by atoms with Crippen LogP contribution in [-0.2, 0) is 7.05 Å². The van der Waals surface area contributed by atoms with Gasteiger partial charge in [0.2, 0.25) is 0 Å².